The molecule has 23 heavy (non-hydrogen) atoms. The van der Waals surface area contributed by atoms with Gasteiger partial charge in [0.1, 0.15) is 5.82 Å². The minimum Gasteiger partial charge on any atom is -0.478 e. The van der Waals surface area contributed by atoms with Gasteiger partial charge in [0.25, 0.3) is 0 Å². The van der Waals surface area contributed by atoms with Gasteiger partial charge in [-0.25, -0.2) is 9.18 Å². The number of carboxylic acids is 1. The Morgan fingerprint density at radius 3 is 2.61 bits per heavy atom. The molecule has 0 spiro atoms. The summed E-state index contributed by atoms with van der Waals surface area (Å²) >= 11 is 5.84. The number of amides is 1. The predicted octanol–water partition coefficient (Wildman–Crippen LogP) is 3.99. The third-order valence-corrected chi connectivity index (χ3v) is 3.64. The number of carbonyl (C=O) groups excluding carboxylic acids is 1. The lowest BCUT2D eigenvalue weighted by atomic mass is 9.99. The first-order valence-corrected chi connectivity index (χ1v) is 7.33. The van der Waals surface area contributed by atoms with Gasteiger partial charge in [-0.15, -0.1) is 0 Å². The summed E-state index contributed by atoms with van der Waals surface area (Å²) in [5.74, 6) is -2.48. The van der Waals surface area contributed by atoms with Crippen LogP contribution in [-0.4, -0.2) is 17.0 Å². The predicted molar refractivity (Wildman–Crippen MR) is 86.3 cm³/mol. The van der Waals surface area contributed by atoms with Crippen molar-refractivity contribution in [1.82, 2.24) is 0 Å². The van der Waals surface area contributed by atoms with Crippen molar-refractivity contribution in [2.24, 2.45) is 5.92 Å². The number of carbonyl (C=O) groups is 2. The molecule has 2 rings (SSSR count). The number of rotatable bonds is 5. The van der Waals surface area contributed by atoms with E-state index in [2.05, 4.69) is 5.32 Å². The highest BCUT2D eigenvalue weighted by molar-refractivity contribution is 6.31. The average Bonchev–Trinajstić information content (AvgIpc) is 2.49. The van der Waals surface area contributed by atoms with Gasteiger partial charge < -0.3 is 10.4 Å². The van der Waals surface area contributed by atoms with Crippen molar-refractivity contribution in [3.63, 3.8) is 0 Å². The van der Waals surface area contributed by atoms with Crippen molar-refractivity contribution >= 4 is 29.2 Å². The van der Waals surface area contributed by atoms with Gasteiger partial charge in [-0.05, 0) is 36.2 Å². The average molecular weight is 336 g/mol. The molecule has 0 radical (unpaired) electrons. The summed E-state index contributed by atoms with van der Waals surface area (Å²) in [6, 6.07) is 10.3. The highest BCUT2D eigenvalue weighted by Gasteiger charge is 2.18. The van der Waals surface area contributed by atoms with E-state index in [1.807, 2.05) is 0 Å². The fourth-order valence-electron chi connectivity index (χ4n) is 2.15. The summed E-state index contributed by atoms with van der Waals surface area (Å²) in [4.78, 5) is 23.4. The molecule has 2 N–H and O–H groups in total. The highest BCUT2D eigenvalue weighted by atomic mass is 35.5. The molecule has 0 bridgehead atoms. The van der Waals surface area contributed by atoms with E-state index < -0.39 is 17.8 Å². The van der Waals surface area contributed by atoms with Crippen LogP contribution in [0.3, 0.4) is 0 Å². The Bertz CT molecular complexity index is 748. The van der Waals surface area contributed by atoms with E-state index in [0.717, 1.165) is 0 Å². The standard InChI is InChI=1S/C17H15ClFNO3/c1-10(8-11-4-2-3-5-14(11)19)16(21)20-15-9-12(18)6-7-13(15)17(22)23/h2-7,9-10H,8H2,1H3,(H,20,21)(H,22,23). The zero-order valence-corrected chi connectivity index (χ0v) is 13.1. The molecule has 120 valence electrons. The van der Waals surface area contributed by atoms with Gasteiger partial charge in [-0.2, -0.15) is 0 Å². The first kappa shape index (κ1) is 17.0. The van der Waals surface area contributed by atoms with Gasteiger partial charge in [0.2, 0.25) is 5.91 Å². The zero-order chi connectivity index (χ0) is 17.0. The summed E-state index contributed by atoms with van der Waals surface area (Å²) in [6.07, 6.45) is 0.210. The van der Waals surface area contributed by atoms with E-state index >= 15 is 0 Å². The van der Waals surface area contributed by atoms with Gasteiger partial charge in [0.05, 0.1) is 11.3 Å². The van der Waals surface area contributed by atoms with E-state index in [9.17, 15) is 14.0 Å². The molecule has 1 amide bonds. The Morgan fingerprint density at radius 1 is 1.26 bits per heavy atom. The monoisotopic (exact) mass is 335 g/mol. The van der Waals surface area contributed by atoms with Crippen molar-refractivity contribution < 1.29 is 19.1 Å². The smallest absolute Gasteiger partial charge is 0.337 e. The molecule has 4 nitrogen and oxygen atoms in total. The number of halogens is 2. The van der Waals surface area contributed by atoms with Gasteiger partial charge in [-0.3, -0.25) is 4.79 Å². The van der Waals surface area contributed by atoms with Crippen molar-refractivity contribution in [3.8, 4) is 0 Å². The topological polar surface area (TPSA) is 66.4 Å². The number of aromatic carboxylic acids is 1. The highest BCUT2D eigenvalue weighted by Crippen LogP contribution is 2.22. The molecule has 0 heterocycles. The van der Waals surface area contributed by atoms with E-state index in [0.29, 0.717) is 10.6 Å². The molecule has 0 aliphatic carbocycles. The molecular weight excluding hydrogens is 321 g/mol. The number of anilines is 1. The molecule has 0 aliphatic rings. The van der Waals surface area contributed by atoms with Crippen LogP contribution in [0.25, 0.3) is 0 Å². The van der Waals surface area contributed by atoms with Crippen molar-refractivity contribution in [3.05, 3.63) is 64.4 Å². The maximum atomic E-state index is 13.6. The third kappa shape index (κ3) is 4.29. The van der Waals surface area contributed by atoms with Crippen molar-refractivity contribution in [1.29, 1.82) is 0 Å². The molecule has 2 aromatic carbocycles. The van der Waals surface area contributed by atoms with Crippen LogP contribution in [0, 0.1) is 11.7 Å². The fourth-order valence-corrected chi connectivity index (χ4v) is 2.32. The second-order valence-electron chi connectivity index (χ2n) is 5.18. The van der Waals surface area contributed by atoms with Crippen LogP contribution < -0.4 is 5.32 Å². The van der Waals surface area contributed by atoms with Crippen LogP contribution in [0.2, 0.25) is 5.02 Å². The molecule has 2 aromatic rings. The third-order valence-electron chi connectivity index (χ3n) is 3.40. The Hall–Kier alpha value is -2.40. The fraction of sp³-hybridized carbons (Fsp3) is 0.176. The summed E-state index contributed by atoms with van der Waals surface area (Å²) in [7, 11) is 0. The molecule has 0 fully saturated rings. The quantitative estimate of drug-likeness (QED) is 0.868. The largest absolute Gasteiger partial charge is 0.478 e. The second kappa shape index (κ2) is 7.24. The van der Waals surface area contributed by atoms with Crippen LogP contribution in [0.5, 0.6) is 0 Å². The van der Waals surface area contributed by atoms with Gasteiger partial charge in [0, 0.05) is 10.9 Å². The molecule has 0 aromatic heterocycles. The van der Waals surface area contributed by atoms with Crippen LogP contribution in [-0.2, 0) is 11.2 Å². The maximum absolute atomic E-state index is 13.6. The number of benzene rings is 2. The Labute approximate surface area is 137 Å². The normalized spacial score (nSPS) is 11.8. The van der Waals surface area contributed by atoms with Crippen molar-refractivity contribution in [2.45, 2.75) is 13.3 Å². The van der Waals surface area contributed by atoms with Gasteiger partial charge in [-0.1, -0.05) is 36.7 Å². The van der Waals surface area contributed by atoms with Crippen LogP contribution in [0.4, 0.5) is 10.1 Å². The van der Waals surface area contributed by atoms with Crippen LogP contribution in [0.15, 0.2) is 42.5 Å². The van der Waals surface area contributed by atoms with Gasteiger partial charge in [0.15, 0.2) is 0 Å². The maximum Gasteiger partial charge on any atom is 0.337 e. The van der Waals surface area contributed by atoms with Crippen LogP contribution in [0.1, 0.15) is 22.8 Å². The molecule has 1 unspecified atom stereocenters. The zero-order valence-electron chi connectivity index (χ0n) is 12.3. The molecule has 0 saturated carbocycles. The molecule has 0 saturated heterocycles. The lowest BCUT2D eigenvalue weighted by Gasteiger charge is -2.14. The number of nitrogens with one attached hydrogen (secondary N) is 1. The first-order valence-electron chi connectivity index (χ1n) is 6.95. The molecule has 1 atom stereocenters. The van der Waals surface area contributed by atoms with Crippen LogP contribution >= 0.6 is 11.6 Å². The molecular formula is C17H15ClFNO3. The van der Waals surface area contributed by atoms with Gasteiger partial charge >= 0.3 is 5.97 Å². The minimum absolute atomic E-state index is 0.0548. The van der Waals surface area contributed by atoms with E-state index in [1.54, 1.807) is 25.1 Å². The summed E-state index contributed by atoms with van der Waals surface area (Å²) in [6.45, 7) is 1.65. The summed E-state index contributed by atoms with van der Waals surface area (Å²) < 4.78 is 13.6. The molecule has 0 aliphatic heterocycles. The number of hydrogen-bond donors (Lipinski definition) is 2. The first-order chi connectivity index (χ1) is 10.9. The lowest BCUT2D eigenvalue weighted by molar-refractivity contribution is -0.119. The summed E-state index contributed by atoms with van der Waals surface area (Å²) in [5, 5.41) is 12.0. The lowest BCUT2D eigenvalue weighted by Crippen LogP contribution is -2.23. The minimum atomic E-state index is -1.17. The van der Waals surface area contributed by atoms with E-state index in [-0.39, 0.29) is 23.5 Å². The van der Waals surface area contributed by atoms with E-state index in [4.69, 9.17) is 16.7 Å². The number of hydrogen-bond acceptors (Lipinski definition) is 2. The Kier molecular flexibility index (Phi) is 5.34. The van der Waals surface area contributed by atoms with Crippen molar-refractivity contribution in [2.75, 3.05) is 5.32 Å². The summed E-state index contributed by atoms with van der Waals surface area (Å²) in [5.41, 5.74) is 0.496. The Balaban J connectivity index is 2.14. The SMILES string of the molecule is CC(Cc1ccccc1F)C(=O)Nc1cc(Cl)ccc1C(=O)O. The Morgan fingerprint density at radius 2 is 1.96 bits per heavy atom. The molecule has 6 heteroatoms. The number of carboxylic acid groups (broad SMARTS) is 1. The second-order valence-corrected chi connectivity index (χ2v) is 5.62. The van der Waals surface area contributed by atoms with E-state index in [1.165, 1.54) is 24.3 Å².